The van der Waals surface area contributed by atoms with Gasteiger partial charge in [0.2, 0.25) is 0 Å². The summed E-state index contributed by atoms with van der Waals surface area (Å²) in [5.74, 6) is -0.811. The van der Waals surface area contributed by atoms with Crippen LogP contribution in [0.3, 0.4) is 0 Å². The molecule has 10 nitrogen and oxygen atoms in total. The number of allylic oxidation sites excluding steroid dienone is 2. The molecule has 1 aliphatic heterocycles. The minimum absolute atomic E-state index is 0.215. The van der Waals surface area contributed by atoms with E-state index in [0.29, 0.717) is 6.42 Å². The molecular formula is C41H76O10. The van der Waals surface area contributed by atoms with E-state index in [1.807, 2.05) is 0 Å². The van der Waals surface area contributed by atoms with Crippen LogP contribution in [0.5, 0.6) is 0 Å². The number of aliphatic hydroxyl groups excluding tert-OH is 4. The first-order valence-corrected chi connectivity index (χ1v) is 20.8. The maximum absolute atomic E-state index is 12.7. The molecule has 0 aromatic rings. The number of carbonyl (C=O) groups is 2. The molecule has 0 saturated carbocycles. The molecule has 0 aromatic heterocycles. The normalized spacial score (nSPS) is 21.3. The minimum Gasteiger partial charge on any atom is -0.462 e. The van der Waals surface area contributed by atoms with E-state index < -0.39 is 49.4 Å². The molecule has 0 amide bonds. The van der Waals surface area contributed by atoms with Crippen molar-refractivity contribution >= 4 is 11.9 Å². The van der Waals surface area contributed by atoms with Gasteiger partial charge in [0.05, 0.1) is 13.2 Å². The first-order chi connectivity index (χ1) is 24.8. The summed E-state index contributed by atoms with van der Waals surface area (Å²) in [5.41, 5.74) is 0. The molecule has 0 bridgehead atoms. The number of ether oxygens (including phenoxy) is 4. The van der Waals surface area contributed by atoms with Gasteiger partial charge in [0.25, 0.3) is 0 Å². The Bertz CT molecular complexity index is 850. The van der Waals surface area contributed by atoms with Gasteiger partial charge in [-0.2, -0.15) is 0 Å². The fourth-order valence-electron chi connectivity index (χ4n) is 6.30. The summed E-state index contributed by atoms with van der Waals surface area (Å²) in [6, 6.07) is 0. The quantitative estimate of drug-likeness (QED) is 0.0291. The lowest BCUT2D eigenvalue weighted by molar-refractivity contribution is -0.305. The van der Waals surface area contributed by atoms with Crippen molar-refractivity contribution in [3.05, 3.63) is 12.2 Å². The Kier molecular flexibility index (Phi) is 30.7. The lowest BCUT2D eigenvalue weighted by Gasteiger charge is -2.39. The summed E-state index contributed by atoms with van der Waals surface area (Å²) in [7, 11) is 0. The molecular weight excluding hydrogens is 652 g/mol. The van der Waals surface area contributed by atoms with E-state index in [9.17, 15) is 30.0 Å². The highest BCUT2D eigenvalue weighted by Gasteiger charge is 2.44. The van der Waals surface area contributed by atoms with E-state index in [1.54, 1.807) is 0 Å². The maximum atomic E-state index is 12.7. The summed E-state index contributed by atoms with van der Waals surface area (Å²) in [6.07, 6.45) is 25.2. The molecule has 6 atom stereocenters. The second kappa shape index (κ2) is 33.0. The zero-order valence-electron chi connectivity index (χ0n) is 32.4. The average molecular weight is 729 g/mol. The van der Waals surface area contributed by atoms with Crippen LogP contribution in [0.4, 0.5) is 0 Å². The molecule has 0 radical (unpaired) electrons. The van der Waals surface area contributed by atoms with Crippen molar-refractivity contribution in [3.63, 3.8) is 0 Å². The van der Waals surface area contributed by atoms with Crippen molar-refractivity contribution in [2.45, 2.75) is 218 Å². The standard InChI is InChI=1S/C41H76O10/c1-3-5-7-9-11-13-14-15-16-17-18-19-20-21-22-24-26-28-30-37(44)50-34(32-48-36(43)29-27-25-23-12-10-8-6-4-2)33-49-41-40(47)39(46)38(45)35(31-42)51-41/h16-17,34-35,38-42,45-47H,3-15,18-33H2,1-2H3/b17-16-. The van der Waals surface area contributed by atoms with Crippen LogP contribution in [-0.2, 0) is 28.5 Å². The summed E-state index contributed by atoms with van der Waals surface area (Å²) in [4.78, 5) is 25.1. The number of hydrogen-bond acceptors (Lipinski definition) is 10. The van der Waals surface area contributed by atoms with Crippen molar-refractivity contribution < 1.29 is 49.0 Å². The Hall–Kier alpha value is -1.56. The Morgan fingerprint density at radius 3 is 1.53 bits per heavy atom. The Balaban J connectivity index is 2.32. The minimum atomic E-state index is -1.59. The molecule has 1 aliphatic rings. The topological polar surface area (TPSA) is 152 Å². The molecule has 51 heavy (non-hydrogen) atoms. The van der Waals surface area contributed by atoms with Crippen molar-refractivity contribution in [2.75, 3.05) is 19.8 Å². The summed E-state index contributed by atoms with van der Waals surface area (Å²) < 4.78 is 22.0. The Morgan fingerprint density at radius 1 is 0.588 bits per heavy atom. The van der Waals surface area contributed by atoms with Gasteiger partial charge in [-0.25, -0.2) is 0 Å². The van der Waals surface area contributed by atoms with E-state index in [-0.39, 0.29) is 32.0 Å². The number of unbranched alkanes of at least 4 members (excludes halogenated alkanes) is 21. The van der Waals surface area contributed by atoms with Crippen molar-refractivity contribution in [3.8, 4) is 0 Å². The van der Waals surface area contributed by atoms with E-state index in [2.05, 4.69) is 26.0 Å². The first-order valence-electron chi connectivity index (χ1n) is 20.8. The van der Waals surface area contributed by atoms with Crippen LogP contribution in [0.15, 0.2) is 12.2 Å². The third-order valence-corrected chi connectivity index (χ3v) is 9.65. The number of aliphatic hydroxyl groups is 4. The summed E-state index contributed by atoms with van der Waals surface area (Å²) in [5, 5.41) is 39.9. The smallest absolute Gasteiger partial charge is 0.306 e. The van der Waals surface area contributed by atoms with Crippen LogP contribution < -0.4 is 0 Å². The van der Waals surface area contributed by atoms with E-state index in [1.165, 1.54) is 103 Å². The molecule has 1 rings (SSSR count). The fourth-order valence-corrected chi connectivity index (χ4v) is 6.30. The van der Waals surface area contributed by atoms with Crippen LogP contribution in [0.2, 0.25) is 0 Å². The van der Waals surface area contributed by atoms with Crippen LogP contribution in [-0.4, -0.2) is 89.0 Å². The highest BCUT2D eigenvalue weighted by molar-refractivity contribution is 5.70. The number of carbonyl (C=O) groups excluding carboxylic acids is 2. The van der Waals surface area contributed by atoms with Crippen molar-refractivity contribution in [1.29, 1.82) is 0 Å². The molecule has 1 saturated heterocycles. The zero-order chi connectivity index (χ0) is 37.4. The highest BCUT2D eigenvalue weighted by atomic mass is 16.7. The van der Waals surface area contributed by atoms with Gasteiger partial charge in [-0.05, 0) is 38.5 Å². The second-order valence-corrected chi connectivity index (χ2v) is 14.4. The third kappa shape index (κ3) is 25.2. The number of hydrogen-bond donors (Lipinski definition) is 4. The molecule has 0 spiro atoms. The highest BCUT2D eigenvalue weighted by Crippen LogP contribution is 2.22. The van der Waals surface area contributed by atoms with Gasteiger partial charge >= 0.3 is 11.9 Å². The number of rotatable bonds is 34. The van der Waals surface area contributed by atoms with Gasteiger partial charge in [0, 0.05) is 12.8 Å². The monoisotopic (exact) mass is 729 g/mol. The van der Waals surface area contributed by atoms with Gasteiger partial charge in [-0.3, -0.25) is 9.59 Å². The molecule has 0 aromatic carbocycles. The third-order valence-electron chi connectivity index (χ3n) is 9.65. The molecule has 1 fully saturated rings. The van der Waals surface area contributed by atoms with E-state index >= 15 is 0 Å². The average Bonchev–Trinajstić information content (AvgIpc) is 3.13. The molecule has 6 unspecified atom stereocenters. The van der Waals surface area contributed by atoms with Gasteiger partial charge < -0.3 is 39.4 Å². The van der Waals surface area contributed by atoms with E-state index in [4.69, 9.17) is 18.9 Å². The van der Waals surface area contributed by atoms with Gasteiger partial charge in [0.1, 0.15) is 31.0 Å². The Labute approximate surface area is 310 Å². The molecule has 10 heteroatoms. The van der Waals surface area contributed by atoms with Crippen LogP contribution >= 0.6 is 0 Å². The maximum Gasteiger partial charge on any atom is 0.306 e. The number of esters is 2. The molecule has 300 valence electrons. The molecule has 4 N–H and O–H groups in total. The Morgan fingerprint density at radius 2 is 1.04 bits per heavy atom. The second-order valence-electron chi connectivity index (χ2n) is 14.4. The van der Waals surface area contributed by atoms with E-state index in [0.717, 1.165) is 44.9 Å². The van der Waals surface area contributed by atoms with Crippen LogP contribution in [0, 0.1) is 0 Å². The summed E-state index contributed by atoms with van der Waals surface area (Å²) in [6.45, 7) is 3.38. The van der Waals surface area contributed by atoms with Crippen LogP contribution in [0.1, 0.15) is 181 Å². The fraction of sp³-hybridized carbons (Fsp3) is 0.902. The van der Waals surface area contributed by atoms with Gasteiger partial charge in [-0.15, -0.1) is 0 Å². The van der Waals surface area contributed by atoms with Crippen molar-refractivity contribution in [2.24, 2.45) is 0 Å². The molecule has 0 aliphatic carbocycles. The first kappa shape index (κ1) is 47.5. The SMILES string of the molecule is CCCCCCCCC/C=C\CCCCCCCCCC(=O)OC(COC(=O)CCCCCCCCCC)COC1OC(CO)C(O)C(O)C1O. The lowest BCUT2D eigenvalue weighted by atomic mass is 9.99. The van der Waals surface area contributed by atoms with Crippen LogP contribution in [0.25, 0.3) is 0 Å². The largest absolute Gasteiger partial charge is 0.462 e. The van der Waals surface area contributed by atoms with Gasteiger partial charge in [-0.1, -0.05) is 142 Å². The lowest BCUT2D eigenvalue weighted by Crippen LogP contribution is -2.59. The predicted octanol–water partition coefficient (Wildman–Crippen LogP) is 8.00. The summed E-state index contributed by atoms with van der Waals surface area (Å²) >= 11 is 0. The zero-order valence-corrected chi connectivity index (χ0v) is 32.4. The molecule has 1 heterocycles. The predicted molar refractivity (Wildman–Crippen MR) is 201 cm³/mol. The van der Waals surface area contributed by atoms with Gasteiger partial charge in [0.15, 0.2) is 12.4 Å². The van der Waals surface area contributed by atoms with Crippen molar-refractivity contribution in [1.82, 2.24) is 0 Å².